The Hall–Kier alpha value is -4.55. The number of benzene rings is 2. The van der Waals surface area contributed by atoms with Crippen molar-refractivity contribution in [3.63, 3.8) is 0 Å². The number of ketones is 4. The van der Waals surface area contributed by atoms with E-state index in [1.165, 1.54) is 34.1 Å². The lowest BCUT2D eigenvalue weighted by Crippen LogP contribution is -2.74. The van der Waals surface area contributed by atoms with Gasteiger partial charge in [0.1, 0.15) is 40.8 Å². The van der Waals surface area contributed by atoms with Crippen LogP contribution >= 0.6 is 0 Å². The predicted molar refractivity (Wildman–Crippen MR) is 171 cm³/mol. The van der Waals surface area contributed by atoms with Gasteiger partial charge in [-0.3, -0.25) is 19.2 Å². The van der Waals surface area contributed by atoms with Crippen molar-refractivity contribution in [1.82, 2.24) is 5.32 Å². The molecule has 0 saturated carbocycles. The van der Waals surface area contributed by atoms with Gasteiger partial charge in [-0.1, -0.05) is 6.07 Å². The van der Waals surface area contributed by atoms with Crippen LogP contribution in [0.4, 0.5) is 0 Å². The number of aromatic hydroxyl groups is 2. The summed E-state index contributed by atoms with van der Waals surface area (Å²) in [5, 5.41) is 59.4. The van der Waals surface area contributed by atoms with Gasteiger partial charge < -0.3 is 54.5 Å². The highest BCUT2D eigenvalue weighted by atomic mass is 16.6. The molecule has 2 unspecified atom stereocenters. The Labute approximate surface area is 290 Å². The van der Waals surface area contributed by atoms with Crippen LogP contribution in [-0.4, -0.2) is 132 Å². The molecule has 0 radical (unpaired) electrons. The third kappa shape index (κ3) is 4.75. The normalized spacial score (nSPS) is 29.8. The quantitative estimate of drug-likeness (QED) is 0.194. The molecule has 16 nitrogen and oxygen atoms in total. The van der Waals surface area contributed by atoms with Crippen LogP contribution < -0.4 is 5.32 Å². The Morgan fingerprint density at radius 1 is 1.00 bits per heavy atom. The zero-order valence-electron chi connectivity index (χ0n) is 28.3. The molecular weight excluding hydrogens is 674 g/mol. The minimum absolute atomic E-state index is 0.0683. The first-order valence-electron chi connectivity index (χ1n) is 16.0. The summed E-state index contributed by atoms with van der Waals surface area (Å²) in [6, 6.07) is 2.33. The van der Waals surface area contributed by atoms with E-state index < -0.39 is 118 Å². The molecule has 1 aliphatic heterocycles. The molecule has 0 amide bonds. The Bertz CT molecular complexity index is 1920. The molecule has 0 bridgehead atoms. The van der Waals surface area contributed by atoms with E-state index in [1.807, 2.05) is 0 Å². The number of hydrogen-bond donors (Lipinski definition) is 6. The molecule has 0 aromatic heterocycles. The van der Waals surface area contributed by atoms with E-state index in [2.05, 4.69) is 5.32 Å². The van der Waals surface area contributed by atoms with E-state index in [0.717, 1.165) is 19.3 Å². The average molecular weight is 712 g/mol. The van der Waals surface area contributed by atoms with Crippen LogP contribution in [0, 0.1) is 6.92 Å². The predicted octanol–water partition coefficient (Wildman–Crippen LogP) is -0.206. The number of carbonyl (C=O) groups excluding carboxylic acids is 5. The Morgan fingerprint density at radius 2 is 1.71 bits per heavy atom. The van der Waals surface area contributed by atoms with Crippen LogP contribution in [0.3, 0.4) is 0 Å². The van der Waals surface area contributed by atoms with Crippen LogP contribution in [0.15, 0.2) is 23.9 Å². The lowest BCUT2D eigenvalue weighted by molar-refractivity contribution is -0.208. The third-order valence-electron chi connectivity index (χ3n) is 10.4. The summed E-state index contributed by atoms with van der Waals surface area (Å²) in [5.74, 6) is -7.05. The number of rotatable bonds is 8. The second kappa shape index (κ2) is 12.9. The first kappa shape index (κ1) is 36.2. The van der Waals surface area contributed by atoms with E-state index in [0.29, 0.717) is 0 Å². The number of esters is 1. The van der Waals surface area contributed by atoms with Crippen LogP contribution in [0.2, 0.25) is 0 Å². The second-order valence-corrected chi connectivity index (χ2v) is 12.7. The van der Waals surface area contributed by atoms with Crippen molar-refractivity contribution in [1.29, 1.82) is 0 Å². The largest absolute Gasteiger partial charge is 0.507 e. The van der Waals surface area contributed by atoms with E-state index >= 15 is 0 Å². The zero-order valence-corrected chi connectivity index (χ0v) is 28.3. The van der Waals surface area contributed by atoms with Gasteiger partial charge in [-0.2, -0.15) is 0 Å². The van der Waals surface area contributed by atoms with Gasteiger partial charge in [-0.25, -0.2) is 4.79 Å². The highest BCUT2D eigenvalue weighted by Gasteiger charge is 2.72. The summed E-state index contributed by atoms with van der Waals surface area (Å²) in [5.41, 5.74) is -8.59. The number of phenolic OH excluding ortho intramolecular Hbond substituents is 2. The van der Waals surface area contributed by atoms with E-state index in [4.69, 9.17) is 23.7 Å². The highest BCUT2D eigenvalue weighted by Crippen LogP contribution is 2.57. The molecule has 2 aromatic rings. The summed E-state index contributed by atoms with van der Waals surface area (Å²) in [4.78, 5) is 70.0. The fourth-order valence-corrected chi connectivity index (χ4v) is 8.06. The summed E-state index contributed by atoms with van der Waals surface area (Å²) in [6.07, 6.45) is -5.58. The molecule has 2 aromatic carbocycles. The molecule has 1 heterocycles. The maximum atomic E-state index is 14.9. The molecule has 6 rings (SSSR count). The van der Waals surface area contributed by atoms with Crippen molar-refractivity contribution in [2.75, 3.05) is 41.2 Å². The number of allylic oxidation sites excluding steroid dienone is 2. The maximum Gasteiger partial charge on any atom is 0.342 e. The van der Waals surface area contributed by atoms with Crippen molar-refractivity contribution < 1.29 is 73.2 Å². The van der Waals surface area contributed by atoms with Gasteiger partial charge >= 0.3 is 5.97 Å². The molecule has 7 atom stereocenters. The Morgan fingerprint density at radius 3 is 2.31 bits per heavy atom. The Balaban J connectivity index is 1.54. The minimum Gasteiger partial charge on any atom is -0.507 e. The number of aryl methyl sites for hydroxylation is 1. The molecule has 16 heteroatoms. The number of carbonyl (C=O) groups is 5. The van der Waals surface area contributed by atoms with Crippen molar-refractivity contribution in [2.24, 2.45) is 0 Å². The molecule has 1 saturated heterocycles. The summed E-state index contributed by atoms with van der Waals surface area (Å²) in [7, 11) is 3.65. The van der Waals surface area contributed by atoms with Gasteiger partial charge in [0.05, 0.1) is 42.7 Å². The molecular formula is C35H37NO15. The molecule has 1 fully saturated rings. The van der Waals surface area contributed by atoms with Crippen LogP contribution in [0.1, 0.15) is 75.4 Å². The smallest absolute Gasteiger partial charge is 0.342 e. The van der Waals surface area contributed by atoms with Gasteiger partial charge in [-0.15, -0.1) is 0 Å². The number of aliphatic hydroxyl groups excluding tert-OH is 3. The number of nitrogens with one attached hydrogen (secondary N) is 1. The monoisotopic (exact) mass is 711 g/mol. The molecule has 3 aliphatic carbocycles. The van der Waals surface area contributed by atoms with Crippen molar-refractivity contribution >= 4 is 29.1 Å². The van der Waals surface area contributed by atoms with Crippen molar-refractivity contribution in [3.05, 3.63) is 68.4 Å². The average Bonchev–Trinajstić information content (AvgIpc) is 3.08. The molecule has 51 heavy (non-hydrogen) atoms. The number of fused-ring (bicyclic) bond motifs is 5. The summed E-state index contributed by atoms with van der Waals surface area (Å²) >= 11 is 0. The summed E-state index contributed by atoms with van der Waals surface area (Å²) < 4.78 is 27.0. The van der Waals surface area contributed by atoms with E-state index in [9.17, 15) is 49.5 Å². The first-order valence-corrected chi connectivity index (χ1v) is 16.0. The fourth-order valence-electron chi connectivity index (χ4n) is 8.06. The second-order valence-electron chi connectivity index (χ2n) is 12.7. The number of ether oxygens (including phenoxy) is 5. The standard InChI is InChI=1S/C35H37NO15/c1-6-50-33(46)21-13(2)7-14-8-20(39)35(49-5)31(45)23-16(30(44)34(35,12-37)24(14)28(21)43)9-15-22(27(23)42)18(38)10-17(25(15)40)36-32-29(48-4)26(41)19(47-3)11-51-32/h7,9-10,19-20,26,29,32,36-37,39,41-43H,6,8,11-12H2,1-5H3/t19-,20+,26+,29+,32-,34?,35?/m0/s1. The molecule has 0 spiro atoms. The third-order valence-corrected chi connectivity index (χ3v) is 10.4. The fraction of sp³-hybridized carbons (Fsp3) is 0.457. The highest BCUT2D eigenvalue weighted by molar-refractivity contribution is 6.31. The van der Waals surface area contributed by atoms with Gasteiger partial charge in [0, 0.05) is 50.5 Å². The summed E-state index contributed by atoms with van der Waals surface area (Å²) in [6.45, 7) is 1.60. The number of hydrogen-bond acceptors (Lipinski definition) is 16. The number of aliphatic hydroxyl groups is 3. The van der Waals surface area contributed by atoms with Crippen molar-refractivity contribution in [3.8, 4) is 11.5 Å². The van der Waals surface area contributed by atoms with Gasteiger partial charge in [0.25, 0.3) is 0 Å². The molecule has 4 aliphatic rings. The first-order chi connectivity index (χ1) is 24.2. The number of methoxy groups -OCH3 is 3. The van der Waals surface area contributed by atoms with Crippen molar-refractivity contribution in [2.45, 2.75) is 61.9 Å². The van der Waals surface area contributed by atoms with Gasteiger partial charge in [0.2, 0.25) is 11.6 Å². The Kier molecular flexibility index (Phi) is 9.17. The van der Waals surface area contributed by atoms with Crippen LogP contribution in [0.5, 0.6) is 11.5 Å². The van der Waals surface area contributed by atoms with Crippen LogP contribution in [-0.2, 0) is 35.5 Å². The topological polar surface area (TPSA) is 245 Å². The minimum atomic E-state index is -2.69. The van der Waals surface area contributed by atoms with Gasteiger partial charge in [-0.05, 0) is 31.0 Å². The van der Waals surface area contributed by atoms with E-state index in [-0.39, 0.29) is 41.2 Å². The number of Topliss-reactive ketones (excluding diaryl/α,β-unsaturated/α-hetero) is 3. The van der Waals surface area contributed by atoms with Gasteiger partial charge in [0.15, 0.2) is 23.4 Å². The lowest BCUT2D eigenvalue weighted by Gasteiger charge is -2.55. The SMILES string of the molecule is CCOC(=O)c1c(C)cc2c(c1O)C1(CO)C(=O)c3cc4c(c(O)c3C(=O)C1(OC)[C@H](O)C2)C(=O)C=C(N[C@H]1OC[C@H](OC)[C@@H](O)[C@H]1OC)C4=O. The van der Waals surface area contributed by atoms with Crippen LogP contribution in [0.25, 0.3) is 0 Å². The van der Waals surface area contributed by atoms with E-state index in [1.54, 1.807) is 0 Å². The zero-order chi connectivity index (χ0) is 37.3. The maximum absolute atomic E-state index is 14.9. The number of phenols is 2. The molecule has 6 N–H and O–H groups in total. The molecule has 272 valence electrons. The lowest BCUT2D eigenvalue weighted by atomic mass is 9.50.